The summed E-state index contributed by atoms with van der Waals surface area (Å²) < 4.78 is 27.2. The van der Waals surface area contributed by atoms with E-state index in [4.69, 9.17) is 0 Å². The molecule has 25 heavy (non-hydrogen) atoms. The summed E-state index contributed by atoms with van der Waals surface area (Å²) in [5, 5.41) is 5.19. The lowest BCUT2D eigenvalue weighted by molar-refractivity contribution is 0.102. The highest BCUT2D eigenvalue weighted by atomic mass is 32.1. The van der Waals surface area contributed by atoms with Crippen LogP contribution in [-0.2, 0) is 0 Å². The SMILES string of the molecule is Cc1nc(C#Cc2ccc(F)c(C(=O)Nc3cccc(F)c3)c2)cs1. The molecule has 0 saturated carbocycles. The predicted octanol–water partition coefficient (Wildman–Crippen LogP) is 4.38. The molecule has 0 fully saturated rings. The first-order valence-corrected chi connectivity index (χ1v) is 8.20. The summed E-state index contributed by atoms with van der Waals surface area (Å²) in [4.78, 5) is 16.5. The Kier molecular flexibility index (Phi) is 4.87. The number of aromatic nitrogens is 1. The molecule has 1 amide bonds. The largest absolute Gasteiger partial charge is 0.322 e. The molecule has 0 spiro atoms. The Morgan fingerprint density at radius 3 is 2.72 bits per heavy atom. The number of nitrogens with zero attached hydrogens (tertiary/aromatic N) is 1. The van der Waals surface area contributed by atoms with Crippen LogP contribution in [0.5, 0.6) is 0 Å². The number of nitrogens with one attached hydrogen (secondary N) is 1. The van der Waals surface area contributed by atoms with E-state index in [1.54, 1.807) is 0 Å². The highest BCUT2D eigenvalue weighted by Gasteiger charge is 2.13. The van der Waals surface area contributed by atoms with E-state index in [0.29, 0.717) is 11.3 Å². The number of hydrogen-bond acceptors (Lipinski definition) is 3. The molecule has 1 N–H and O–H groups in total. The molecule has 3 rings (SSSR count). The Morgan fingerprint density at radius 1 is 1.16 bits per heavy atom. The second-order valence-electron chi connectivity index (χ2n) is 5.16. The van der Waals surface area contributed by atoms with Crippen molar-refractivity contribution in [1.29, 1.82) is 0 Å². The number of carbonyl (C=O) groups excluding carboxylic acids is 1. The van der Waals surface area contributed by atoms with Gasteiger partial charge in [-0.1, -0.05) is 12.0 Å². The summed E-state index contributed by atoms with van der Waals surface area (Å²) in [5.41, 5.74) is 1.19. The summed E-state index contributed by atoms with van der Waals surface area (Å²) in [6.07, 6.45) is 0. The lowest BCUT2D eigenvalue weighted by atomic mass is 10.1. The quantitative estimate of drug-likeness (QED) is 0.694. The van der Waals surface area contributed by atoms with Gasteiger partial charge in [-0.3, -0.25) is 4.79 Å². The van der Waals surface area contributed by atoms with Crippen LogP contribution >= 0.6 is 11.3 Å². The van der Waals surface area contributed by atoms with Crippen LogP contribution < -0.4 is 5.32 Å². The van der Waals surface area contributed by atoms with Gasteiger partial charge in [0.05, 0.1) is 10.6 Å². The Balaban J connectivity index is 1.84. The van der Waals surface area contributed by atoms with E-state index in [0.717, 1.165) is 11.1 Å². The molecule has 0 unspecified atom stereocenters. The van der Waals surface area contributed by atoms with E-state index in [2.05, 4.69) is 22.1 Å². The summed E-state index contributed by atoms with van der Waals surface area (Å²) in [6, 6.07) is 9.41. The van der Waals surface area contributed by atoms with E-state index in [-0.39, 0.29) is 11.3 Å². The van der Waals surface area contributed by atoms with Gasteiger partial charge in [0.1, 0.15) is 17.3 Å². The Bertz CT molecular complexity index is 1000. The third-order valence-electron chi connectivity index (χ3n) is 3.25. The van der Waals surface area contributed by atoms with Gasteiger partial charge in [-0.2, -0.15) is 0 Å². The molecule has 0 aliphatic carbocycles. The smallest absolute Gasteiger partial charge is 0.258 e. The van der Waals surface area contributed by atoms with E-state index in [1.165, 1.54) is 47.7 Å². The molecular formula is C19H12F2N2OS. The zero-order valence-corrected chi connectivity index (χ0v) is 14.0. The molecule has 0 aliphatic heterocycles. The normalized spacial score (nSPS) is 10.0. The number of rotatable bonds is 2. The van der Waals surface area contributed by atoms with Gasteiger partial charge in [0.2, 0.25) is 0 Å². The molecular weight excluding hydrogens is 342 g/mol. The molecule has 1 heterocycles. The lowest BCUT2D eigenvalue weighted by Gasteiger charge is -2.06. The molecule has 0 aliphatic rings. The predicted molar refractivity (Wildman–Crippen MR) is 93.6 cm³/mol. The number of amides is 1. The first kappa shape index (κ1) is 16.8. The van der Waals surface area contributed by atoms with Gasteiger partial charge in [-0.15, -0.1) is 11.3 Å². The van der Waals surface area contributed by atoms with Crippen LogP contribution in [0.2, 0.25) is 0 Å². The van der Waals surface area contributed by atoms with Crippen molar-refractivity contribution in [2.75, 3.05) is 5.32 Å². The van der Waals surface area contributed by atoms with E-state index in [9.17, 15) is 13.6 Å². The maximum absolute atomic E-state index is 14.0. The molecule has 1 aromatic heterocycles. The van der Waals surface area contributed by atoms with Crippen LogP contribution in [-0.4, -0.2) is 10.9 Å². The maximum atomic E-state index is 14.0. The standard InChI is InChI=1S/C19H12F2N2OS/c1-12-22-16(11-25-12)7-5-13-6-8-18(21)17(9-13)19(24)23-15-4-2-3-14(20)10-15/h2-4,6,8-11H,1H3,(H,23,24). The number of halogens is 2. The van der Waals surface area contributed by atoms with Crippen LogP contribution in [0.25, 0.3) is 0 Å². The van der Waals surface area contributed by atoms with Crippen molar-refractivity contribution in [2.24, 2.45) is 0 Å². The lowest BCUT2D eigenvalue weighted by Crippen LogP contribution is -2.14. The highest BCUT2D eigenvalue weighted by molar-refractivity contribution is 7.09. The van der Waals surface area contributed by atoms with Gasteiger partial charge in [-0.25, -0.2) is 13.8 Å². The van der Waals surface area contributed by atoms with Gasteiger partial charge in [0.25, 0.3) is 5.91 Å². The Hall–Kier alpha value is -3.04. The van der Waals surface area contributed by atoms with Crippen LogP contribution in [0.1, 0.15) is 26.6 Å². The van der Waals surface area contributed by atoms with Gasteiger partial charge in [-0.05, 0) is 49.2 Å². The average molecular weight is 354 g/mol. The van der Waals surface area contributed by atoms with Gasteiger partial charge >= 0.3 is 0 Å². The molecule has 0 bridgehead atoms. The van der Waals surface area contributed by atoms with Crippen molar-refractivity contribution in [3.63, 3.8) is 0 Å². The van der Waals surface area contributed by atoms with Crippen molar-refractivity contribution < 1.29 is 13.6 Å². The van der Waals surface area contributed by atoms with Crippen LogP contribution in [0.15, 0.2) is 47.8 Å². The maximum Gasteiger partial charge on any atom is 0.258 e. The molecule has 6 heteroatoms. The Morgan fingerprint density at radius 2 is 2.00 bits per heavy atom. The summed E-state index contributed by atoms with van der Waals surface area (Å²) in [7, 11) is 0. The van der Waals surface area contributed by atoms with E-state index < -0.39 is 17.5 Å². The minimum Gasteiger partial charge on any atom is -0.322 e. The summed E-state index contributed by atoms with van der Waals surface area (Å²) in [6.45, 7) is 1.88. The molecule has 0 atom stereocenters. The fourth-order valence-corrected chi connectivity index (χ4v) is 2.64. The number of carbonyl (C=O) groups is 1. The number of thiazole rings is 1. The van der Waals surface area contributed by atoms with Gasteiger partial charge < -0.3 is 5.32 Å². The van der Waals surface area contributed by atoms with Crippen LogP contribution in [0.3, 0.4) is 0 Å². The summed E-state index contributed by atoms with van der Waals surface area (Å²) in [5.74, 6) is 3.89. The summed E-state index contributed by atoms with van der Waals surface area (Å²) >= 11 is 1.48. The fourth-order valence-electron chi connectivity index (χ4n) is 2.10. The zero-order chi connectivity index (χ0) is 17.8. The number of anilines is 1. The van der Waals surface area contributed by atoms with Crippen molar-refractivity contribution in [1.82, 2.24) is 4.98 Å². The first-order valence-electron chi connectivity index (χ1n) is 7.32. The Labute approximate surface area is 147 Å². The monoisotopic (exact) mass is 354 g/mol. The second-order valence-corrected chi connectivity index (χ2v) is 6.22. The average Bonchev–Trinajstić information content (AvgIpc) is 2.99. The second kappa shape index (κ2) is 7.24. The number of hydrogen-bond donors (Lipinski definition) is 1. The number of aryl methyl sites for hydroxylation is 1. The minimum atomic E-state index is -0.677. The molecule has 124 valence electrons. The zero-order valence-electron chi connectivity index (χ0n) is 13.1. The fraction of sp³-hybridized carbons (Fsp3) is 0.0526. The highest BCUT2D eigenvalue weighted by Crippen LogP contribution is 2.15. The topological polar surface area (TPSA) is 42.0 Å². The number of benzene rings is 2. The van der Waals surface area contributed by atoms with Crippen LogP contribution in [0, 0.1) is 30.4 Å². The molecule has 0 radical (unpaired) electrons. The van der Waals surface area contributed by atoms with E-state index >= 15 is 0 Å². The minimum absolute atomic E-state index is 0.162. The van der Waals surface area contributed by atoms with Gasteiger partial charge in [0, 0.05) is 16.6 Å². The van der Waals surface area contributed by atoms with Crippen molar-refractivity contribution in [3.05, 3.63) is 81.3 Å². The molecule has 3 aromatic rings. The van der Waals surface area contributed by atoms with Gasteiger partial charge in [0.15, 0.2) is 0 Å². The van der Waals surface area contributed by atoms with E-state index in [1.807, 2.05) is 12.3 Å². The van der Waals surface area contributed by atoms with Crippen molar-refractivity contribution in [3.8, 4) is 11.8 Å². The molecule has 2 aromatic carbocycles. The molecule has 0 saturated heterocycles. The third kappa shape index (κ3) is 4.28. The molecule has 3 nitrogen and oxygen atoms in total. The first-order chi connectivity index (χ1) is 12.0. The van der Waals surface area contributed by atoms with Crippen LogP contribution in [0.4, 0.5) is 14.5 Å². The van der Waals surface area contributed by atoms with Crippen molar-refractivity contribution >= 4 is 22.9 Å². The third-order valence-corrected chi connectivity index (χ3v) is 4.02. The van der Waals surface area contributed by atoms with Crippen molar-refractivity contribution in [2.45, 2.75) is 6.92 Å².